The van der Waals surface area contributed by atoms with Gasteiger partial charge >= 0.3 is 0 Å². The molecule has 132 valence electrons. The smallest absolute Gasteiger partial charge is 0.244 e. The van der Waals surface area contributed by atoms with Gasteiger partial charge < -0.3 is 14.8 Å². The lowest BCUT2D eigenvalue weighted by atomic mass is 10.1. The van der Waals surface area contributed by atoms with Gasteiger partial charge in [-0.05, 0) is 35.8 Å². The van der Waals surface area contributed by atoms with Crippen LogP contribution in [0.5, 0.6) is 11.5 Å². The van der Waals surface area contributed by atoms with Crippen molar-refractivity contribution in [1.82, 2.24) is 9.62 Å². The van der Waals surface area contributed by atoms with Crippen molar-refractivity contribution in [3.05, 3.63) is 16.6 Å². The van der Waals surface area contributed by atoms with Crippen molar-refractivity contribution in [2.24, 2.45) is 0 Å². The number of hydrogen-bond donors (Lipinski definition) is 1. The van der Waals surface area contributed by atoms with E-state index in [1.54, 1.807) is 6.07 Å². The molecular weight excluding hydrogens is 408 g/mol. The first-order valence-electron chi connectivity index (χ1n) is 6.99. The molecule has 2 atom stereocenters. The Balaban J connectivity index is 0.00000264. The molecule has 1 aromatic carbocycles. The summed E-state index contributed by atoms with van der Waals surface area (Å²) in [7, 11) is -0.625. The SMILES string of the molecule is COc1cc(Br)c(S(=O)(=O)N2CCNC(C)C2C)cc1OC.Cl. The monoisotopic (exact) mass is 428 g/mol. The second-order valence-corrected chi connectivity index (χ2v) is 7.95. The third kappa shape index (κ3) is 3.93. The van der Waals surface area contributed by atoms with Gasteiger partial charge in [0.1, 0.15) is 4.90 Å². The van der Waals surface area contributed by atoms with E-state index in [1.165, 1.54) is 24.6 Å². The van der Waals surface area contributed by atoms with Crippen molar-refractivity contribution in [3.8, 4) is 11.5 Å². The fraction of sp³-hybridized carbons (Fsp3) is 0.571. The van der Waals surface area contributed by atoms with Crippen molar-refractivity contribution >= 4 is 38.4 Å². The number of benzene rings is 1. The molecule has 0 amide bonds. The van der Waals surface area contributed by atoms with Gasteiger partial charge in [0.2, 0.25) is 10.0 Å². The summed E-state index contributed by atoms with van der Waals surface area (Å²) in [6, 6.07) is 3.08. The van der Waals surface area contributed by atoms with E-state index in [0.717, 1.165) is 0 Å². The van der Waals surface area contributed by atoms with Crippen LogP contribution in [0.25, 0.3) is 0 Å². The highest BCUT2D eigenvalue weighted by atomic mass is 79.9. The summed E-state index contributed by atoms with van der Waals surface area (Å²) in [6.07, 6.45) is 0. The topological polar surface area (TPSA) is 67.9 Å². The lowest BCUT2D eigenvalue weighted by molar-refractivity contribution is 0.232. The zero-order valence-electron chi connectivity index (χ0n) is 13.5. The number of piperazine rings is 1. The molecule has 1 aromatic rings. The van der Waals surface area contributed by atoms with Gasteiger partial charge in [-0.1, -0.05) is 0 Å². The van der Waals surface area contributed by atoms with Gasteiger partial charge in [0.05, 0.1) is 14.2 Å². The van der Waals surface area contributed by atoms with Crippen molar-refractivity contribution in [2.75, 3.05) is 27.3 Å². The molecule has 1 saturated heterocycles. The number of halogens is 2. The van der Waals surface area contributed by atoms with Gasteiger partial charge in [0.25, 0.3) is 0 Å². The first-order valence-corrected chi connectivity index (χ1v) is 9.23. The van der Waals surface area contributed by atoms with Crippen LogP contribution in [0.4, 0.5) is 0 Å². The number of nitrogens with one attached hydrogen (secondary N) is 1. The van der Waals surface area contributed by atoms with Crippen LogP contribution in [0.3, 0.4) is 0 Å². The molecule has 0 aliphatic carbocycles. The van der Waals surface area contributed by atoms with E-state index in [0.29, 0.717) is 29.1 Å². The Hall–Kier alpha value is -0.540. The summed E-state index contributed by atoms with van der Waals surface area (Å²) < 4.78 is 38.4. The van der Waals surface area contributed by atoms with Gasteiger partial charge in [-0.3, -0.25) is 0 Å². The molecule has 1 aliphatic rings. The predicted molar refractivity (Wildman–Crippen MR) is 95.3 cm³/mol. The molecule has 0 spiro atoms. The maximum absolute atomic E-state index is 13.0. The minimum Gasteiger partial charge on any atom is -0.493 e. The van der Waals surface area contributed by atoms with E-state index in [9.17, 15) is 8.42 Å². The summed E-state index contributed by atoms with van der Waals surface area (Å²) in [5.74, 6) is 0.871. The first kappa shape index (κ1) is 20.5. The van der Waals surface area contributed by atoms with Gasteiger partial charge in [0.15, 0.2) is 11.5 Å². The third-order valence-electron chi connectivity index (χ3n) is 4.00. The van der Waals surface area contributed by atoms with Crippen molar-refractivity contribution < 1.29 is 17.9 Å². The quantitative estimate of drug-likeness (QED) is 0.795. The van der Waals surface area contributed by atoms with Crippen molar-refractivity contribution in [2.45, 2.75) is 30.8 Å². The highest BCUT2D eigenvalue weighted by molar-refractivity contribution is 9.10. The molecule has 9 heteroatoms. The van der Waals surface area contributed by atoms with Crippen LogP contribution in [0.2, 0.25) is 0 Å². The summed E-state index contributed by atoms with van der Waals surface area (Å²) in [4.78, 5) is 0.186. The Labute approximate surface area is 152 Å². The van der Waals surface area contributed by atoms with Crippen LogP contribution in [-0.4, -0.2) is 52.1 Å². The molecule has 1 aliphatic heterocycles. The molecule has 1 fully saturated rings. The second-order valence-electron chi connectivity index (χ2n) is 5.24. The van der Waals surface area contributed by atoms with E-state index in [4.69, 9.17) is 9.47 Å². The van der Waals surface area contributed by atoms with E-state index in [-0.39, 0.29) is 29.4 Å². The summed E-state index contributed by atoms with van der Waals surface area (Å²) >= 11 is 3.33. The minimum absolute atomic E-state index is 0. The first-order chi connectivity index (χ1) is 10.3. The van der Waals surface area contributed by atoms with Crippen LogP contribution >= 0.6 is 28.3 Å². The molecule has 0 bridgehead atoms. The lowest BCUT2D eigenvalue weighted by Crippen LogP contribution is -2.57. The molecule has 1 N–H and O–H groups in total. The average Bonchev–Trinajstić information content (AvgIpc) is 2.49. The molecule has 2 unspecified atom stereocenters. The standard InChI is InChI=1S/C14H21BrN2O4S.ClH/c1-9-10(2)17(6-5-16-9)22(18,19)14-8-13(21-4)12(20-3)7-11(14)15;/h7-10,16H,5-6H2,1-4H3;1H. The van der Waals surface area contributed by atoms with Crippen LogP contribution in [0, 0.1) is 0 Å². The number of ether oxygens (including phenoxy) is 2. The van der Waals surface area contributed by atoms with Crippen molar-refractivity contribution in [1.29, 1.82) is 0 Å². The van der Waals surface area contributed by atoms with E-state index in [2.05, 4.69) is 21.2 Å². The fourth-order valence-corrected chi connectivity index (χ4v) is 5.23. The Morgan fingerprint density at radius 1 is 1.22 bits per heavy atom. The Bertz CT molecular complexity index is 656. The maximum Gasteiger partial charge on any atom is 0.244 e. The normalized spacial score (nSPS) is 22.3. The minimum atomic E-state index is -3.62. The fourth-order valence-electron chi connectivity index (χ4n) is 2.52. The molecular formula is C14H22BrClN2O4S. The number of methoxy groups -OCH3 is 2. The molecule has 0 aromatic heterocycles. The Morgan fingerprint density at radius 3 is 2.35 bits per heavy atom. The predicted octanol–water partition coefficient (Wildman–Crippen LogP) is 2.26. The van der Waals surface area contributed by atoms with Crippen LogP contribution in [-0.2, 0) is 10.0 Å². The second kappa shape index (κ2) is 8.02. The third-order valence-corrected chi connectivity index (χ3v) is 6.95. The highest BCUT2D eigenvalue weighted by Gasteiger charge is 2.36. The molecule has 0 saturated carbocycles. The van der Waals surface area contributed by atoms with Crippen LogP contribution in [0.15, 0.2) is 21.5 Å². The van der Waals surface area contributed by atoms with Gasteiger partial charge in [-0.15, -0.1) is 12.4 Å². The number of rotatable bonds is 4. The molecule has 1 heterocycles. The van der Waals surface area contributed by atoms with Gasteiger partial charge in [0, 0.05) is 35.7 Å². The van der Waals surface area contributed by atoms with E-state index >= 15 is 0 Å². The Kier molecular flexibility index (Phi) is 7.15. The van der Waals surface area contributed by atoms with Crippen molar-refractivity contribution in [3.63, 3.8) is 0 Å². The van der Waals surface area contributed by atoms with Gasteiger partial charge in [-0.25, -0.2) is 8.42 Å². The van der Waals surface area contributed by atoms with Crippen LogP contribution < -0.4 is 14.8 Å². The molecule has 23 heavy (non-hydrogen) atoms. The number of sulfonamides is 1. The molecule has 2 rings (SSSR count). The number of hydrogen-bond acceptors (Lipinski definition) is 5. The zero-order valence-corrected chi connectivity index (χ0v) is 16.7. The van der Waals surface area contributed by atoms with E-state index < -0.39 is 10.0 Å². The summed E-state index contributed by atoms with van der Waals surface area (Å²) in [6.45, 7) is 4.96. The highest BCUT2D eigenvalue weighted by Crippen LogP contribution is 2.37. The summed E-state index contributed by atoms with van der Waals surface area (Å²) in [5.41, 5.74) is 0. The maximum atomic E-state index is 13.0. The molecule has 0 radical (unpaired) electrons. The zero-order chi connectivity index (χ0) is 16.5. The average molecular weight is 430 g/mol. The van der Waals surface area contributed by atoms with Crippen LogP contribution in [0.1, 0.15) is 13.8 Å². The molecule has 6 nitrogen and oxygen atoms in total. The number of nitrogens with zero attached hydrogens (tertiary/aromatic N) is 1. The lowest BCUT2D eigenvalue weighted by Gasteiger charge is -2.37. The van der Waals surface area contributed by atoms with E-state index in [1.807, 2.05) is 13.8 Å². The summed E-state index contributed by atoms with van der Waals surface area (Å²) in [5, 5.41) is 3.28. The largest absolute Gasteiger partial charge is 0.493 e. The van der Waals surface area contributed by atoms with Gasteiger partial charge in [-0.2, -0.15) is 4.31 Å². The Morgan fingerprint density at radius 2 is 1.78 bits per heavy atom.